The number of ether oxygens (including phenoxy) is 2. The van der Waals surface area contributed by atoms with Gasteiger partial charge < -0.3 is 14.8 Å². The predicted molar refractivity (Wildman–Crippen MR) is 79.8 cm³/mol. The summed E-state index contributed by atoms with van der Waals surface area (Å²) in [7, 11) is 1.32. The maximum Gasteiger partial charge on any atom is 0.328 e. The van der Waals surface area contributed by atoms with Crippen LogP contribution in [0.5, 0.6) is 0 Å². The average molecular weight is 332 g/mol. The third kappa shape index (κ3) is 4.02. The van der Waals surface area contributed by atoms with Gasteiger partial charge in [-0.05, 0) is 23.8 Å². The fraction of sp³-hybridized carbons (Fsp3) is 0.429. The van der Waals surface area contributed by atoms with E-state index in [1.165, 1.54) is 7.11 Å². The summed E-state index contributed by atoms with van der Waals surface area (Å²) in [4.78, 5) is 23.2. The molecule has 1 heterocycles. The number of benzene rings is 1. The second-order valence-electron chi connectivity index (χ2n) is 4.71. The van der Waals surface area contributed by atoms with Gasteiger partial charge in [-0.2, -0.15) is 0 Å². The van der Waals surface area contributed by atoms with Crippen molar-refractivity contribution in [3.63, 3.8) is 0 Å². The van der Waals surface area contributed by atoms with Crippen LogP contribution in [0.25, 0.3) is 0 Å². The summed E-state index contributed by atoms with van der Waals surface area (Å²) in [6, 6.07) is 4.71. The molecule has 2 atom stereocenters. The standard InChI is InChI=1S/C14H15Cl2NO4/c1-20-14(19)12-6-10(21-13(18)7-15)5-8-4-9(16)2-3-11(8)17-12/h2-4,10,12,17H,5-7H2,1H3/t10-,12+/m0/s1. The number of halogens is 2. The molecule has 0 spiro atoms. The number of rotatable bonds is 3. The fourth-order valence-electron chi connectivity index (χ4n) is 2.31. The highest BCUT2D eigenvalue weighted by Gasteiger charge is 2.30. The first kappa shape index (κ1) is 15.9. The first-order valence-corrected chi connectivity index (χ1v) is 7.33. The molecular weight excluding hydrogens is 317 g/mol. The van der Waals surface area contributed by atoms with E-state index < -0.39 is 24.1 Å². The van der Waals surface area contributed by atoms with Crippen LogP contribution in [0.1, 0.15) is 12.0 Å². The van der Waals surface area contributed by atoms with E-state index in [0.717, 1.165) is 11.3 Å². The van der Waals surface area contributed by atoms with Gasteiger partial charge in [-0.25, -0.2) is 4.79 Å². The molecule has 0 radical (unpaired) electrons. The average Bonchev–Trinajstić information content (AvgIpc) is 2.64. The van der Waals surface area contributed by atoms with Crippen molar-refractivity contribution < 1.29 is 19.1 Å². The monoisotopic (exact) mass is 331 g/mol. The van der Waals surface area contributed by atoms with Crippen molar-refractivity contribution >= 4 is 40.8 Å². The van der Waals surface area contributed by atoms with Gasteiger partial charge in [-0.3, -0.25) is 4.79 Å². The minimum atomic E-state index is -0.592. The number of esters is 2. The van der Waals surface area contributed by atoms with Crippen LogP contribution in [-0.2, 0) is 25.5 Å². The van der Waals surface area contributed by atoms with Crippen LogP contribution < -0.4 is 5.32 Å². The van der Waals surface area contributed by atoms with Gasteiger partial charge in [0.2, 0.25) is 0 Å². The van der Waals surface area contributed by atoms with Crippen molar-refractivity contribution in [1.29, 1.82) is 0 Å². The molecule has 1 N–H and O–H groups in total. The molecule has 5 nitrogen and oxygen atoms in total. The number of carbonyl (C=O) groups is 2. The molecule has 0 aromatic heterocycles. The van der Waals surface area contributed by atoms with E-state index in [9.17, 15) is 9.59 Å². The van der Waals surface area contributed by atoms with Crippen LogP contribution in [0, 0.1) is 0 Å². The van der Waals surface area contributed by atoms with E-state index in [2.05, 4.69) is 5.32 Å². The lowest BCUT2D eigenvalue weighted by molar-refractivity contribution is -0.149. The van der Waals surface area contributed by atoms with Gasteiger partial charge in [0, 0.05) is 23.6 Å². The zero-order chi connectivity index (χ0) is 15.4. The Hall–Kier alpha value is -1.46. The van der Waals surface area contributed by atoms with Crippen LogP contribution in [0.15, 0.2) is 18.2 Å². The Labute approximate surface area is 132 Å². The first-order valence-electron chi connectivity index (χ1n) is 6.41. The first-order chi connectivity index (χ1) is 10.0. The number of methoxy groups -OCH3 is 1. The summed E-state index contributed by atoms with van der Waals surface area (Å²) in [5.74, 6) is -1.16. The van der Waals surface area contributed by atoms with E-state index in [0.29, 0.717) is 17.9 Å². The van der Waals surface area contributed by atoms with Gasteiger partial charge in [-0.15, -0.1) is 11.6 Å². The van der Waals surface area contributed by atoms with E-state index >= 15 is 0 Å². The van der Waals surface area contributed by atoms with Crippen LogP contribution in [0.2, 0.25) is 5.02 Å². The lowest BCUT2D eigenvalue weighted by atomic mass is 10.0. The summed E-state index contributed by atoms with van der Waals surface area (Å²) in [6.07, 6.45) is 0.299. The molecule has 0 bridgehead atoms. The summed E-state index contributed by atoms with van der Waals surface area (Å²) in [5, 5.41) is 3.68. The number of anilines is 1. The third-order valence-corrected chi connectivity index (χ3v) is 3.69. The molecule has 1 aliphatic rings. The summed E-state index contributed by atoms with van der Waals surface area (Å²) < 4.78 is 10.0. The number of hydrogen-bond acceptors (Lipinski definition) is 5. The Morgan fingerprint density at radius 2 is 2.19 bits per heavy atom. The van der Waals surface area contributed by atoms with E-state index in [4.69, 9.17) is 32.7 Å². The van der Waals surface area contributed by atoms with Gasteiger partial charge >= 0.3 is 11.9 Å². The molecule has 21 heavy (non-hydrogen) atoms. The number of carbonyl (C=O) groups excluding carboxylic acids is 2. The zero-order valence-corrected chi connectivity index (χ0v) is 12.9. The van der Waals surface area contributed by atoms with Crippen molar-refractivity contribution in [3.8, 4) is 0 Å². The number of alkyl halides is 1. The largest absolute Gasteiger partial charge is 0.467 e. The van der Waals surface area contributed by atoms with Gasteiger partial charge in [0.05, 0.1) is 7.11 Å². The number of fused-ring (bicyclic) bond motifs is 1. The minimum absolute atomic E-state index is 0.227. The van der Waals surface area contributed by atoms with Crippen molar-refractivity contribution in [2.45, 2.75) is 25.0 Å². The van der Waals surface area contributed by atoms with E-state index in [-0.39, 0.29) is 5.88 Å². The number of hydrogen-bond donors (Lipinski definition) is 1. The maximum atomic E-state index is 11.8. The molecule has 2 rings (SSSR count). The minimum Gasteiger partial charge on any atom is -0.467 e. The highest BCUT2D eigenvalue weighted by Crippen LogP contribution is 2.28. The molecule has 0 unspecified atom stereocenters. The van der Waals surface area contributed by atoms with Crippen LogP contribution in [0.3, 0.4) is 0 Å². The normalized spacial score (nSPS) is 20.7. The molecular formula is C14H15Cl2NO4. The third-order valence-electron chi connectivity index (χ3n) is 3.24. The predicted octanol–water partition coefficient (Wildman–Crippen LogP) is 2.39. The Morgan fingerprint density at radius 1 is 1.43 bits per heavy atom. The van der Waals surface area contributed by atoms with E-state index in [1.54, 1.807) is 18.2 Å². The van der Waals surface area contributed by atoms with Crippen LogP contribution in [-0.4, -0.2) is 37.1 Å². The Balaban J connectivity index is 2.28. The molecule has 114 valence electrons. The summed E-state index contributed by atoms with van der Waals surface area (Å²) in [6.45, 7) is 0. The van der Waals surface area contributed by atoms with Gasteiger partial charge in [0.1, 0.15) is 18.0 Å². The molecule has 1 aromatic rings. The molecule has 0 amide bonds. The highest BCUT2D eigenvalue weighted by molar-refractivity contribution is 6.30. The molecule has 7 heteroatoms. The molecule has 0 saturated carbocycles. The second-order valence-corrected chi connectivity index (χ2v) is 5.41. The molecule has 0 saturated heterocycles. The highest BCUT2D eigenvalue weighted by atomic mass is 35.5. The topological polar surface area (TPSA) is 64.6 Å². The molecule has 0 fully saturated rings. The van der Waals surface area contributed by atoms with Crippen LogP contribution in [0.4, 0.5) is 5.69 Å². The van der Waals surface area contributed by atoms with Crippen molar-refractivity contribution in [2.24, 2.45) is 0 Å². The SMILES string of the molecule is COC(=O)[C@H]1C[C@@H](OC(=O)CCl)Cc2cc(Cl)ccc2N1. The van der Waals surface area contributed by atoms with Crippen molar-refractivity contribution in [2.75, 3.05) is 18.3 Å². The van der Waals surface area contributed by atoms with Gasteiger partial charge in [0.25, 0.3) is 0 Å². The lowest BCUT2D eigenvalue weighted by Crippen LogP contribution is -2.34. The molecule has 1 aromatic carbocycles. The molecule has 1 aliphatic heterocycles. The summed E-state index contributed by atoms with van der Waals surface area (Å²) in [5.41, 5.74) is 1.65. The van der Waals surface area contributed by atoms with Gasteiger partial charge in [0.15, 0.2) is 0 Å². The zero-order valence-electron chi connectivity index (χ0n) is 11.4. The summed E-state index contributed by atoms with van der Waals surface area (Å²) >= 11 is 11.4. The Bertz CT molecular complexity index is 550. The maximum absolute atomic E-state index is 11.8. The van der Waals surface area contributed by atoms with Crippen LogP contribution >= 0.6 is 23.2 Å². The van der Waals surface area contributed by atoms with Gasteiger partial charge in [-0.1, -0.05) is 11.6 Å². The van der Waals surface area contributed by atoms with Crippen molar-refractivity contribution in [1.82, 2.24) is 0 Å². The number of nitrogens with one attached hydrogen (secondary N) is 1. The smallest absolute Gasteiger partial charge is 0.328 e. The Morgan fingerprint density at radius 3 is 2.86 bits per heavy atom. The second kappa shape index (κ2) is 7.00. The van der Waals surface area contributed by atoms with Crippen molar-refractivity contribution in [3.05, 3.63) is 28.8 Å². The Kier molecular flexibility index (Phi) is 5.31. The molecule has 0 aliphatic carbocycles. The lowest BCUT2D eigenvalue weighted by Gasteiger charge is -2.19. The quantitative estimate of drug-likeness (QED) is 0.680. The fourth-order valence-corrected chi connectivity index (χ4v) is 2.57. The van der Waals surface area contributed by atoms with E-state index in [1.807, 2.05) is 0 Å².